The van der Waals surface area contributed by atoms with Gasteiger partial charge in [-0.25, -0.2) is 0 Å². The fraction of sp³-hybridized carbons (Fsp3) is 0.538. The number of aliphatic hydroxyl groups is 1. The first-order chi connectivity index (χ1) is 8.24. The van der Waals surface area contributed by atoms with Gasteiger partial charge in [0.05, 0.1) is 18.2 Å². The van der Waals surface area contributed by atoms with E-state index in [0.717, 1.165) is 41.0 Å². The van der Waals surface area contributed by atoms with E-state index in [4.69, 9.17) is 21.1 Å². The first-order valence-electron chi connectivity index (χ1n) is 5.97. The molecule has 1 N–H and O–H groups in total. The lowest BCUT2D eigenvalue weighted by Crippen LogP contribution is -2.05. The minimum atomic E-state index is 0.0644. The number of rotatable bonds is 2. The highest BCUT2D eigenvalue weighted by atomic mass is 35.5. The van der Waals surface area contributed by atoms with Crippen LogP contribution in [0, 0.1) is 0 Å². The van der Waals surface area contributed by atoms with Gasteiger partial charge in [-0.3, -0.25) is 0 Å². The fourth-order valence-corrected chi connectivity index (χ4v) is 3.05. The molecule has 0 radical (unpaired) electrons. The van der Waals surface area contributed by atoms with Gasteiger partial charge in [-0.2, -0.15) is 0 Å². The molecule has 1 atom stereocenters. The van der Waals surface area contributed by atoms with Gasteiger partial charge in [0, 0.05) is 42.1 Å². The van der Waals surface area contributed by atoms with E-state index in [-0.39, 0.29) is 12.5 Å². The van der Waals surface area contributed by atoms with Crippen LogP contribution < -0.4 is 9.47 Å². The van der Waals surface area contributed by atoms with Gasteiger partial charge in [0.25, 0.3) is 0 Å². The van der Waals surface area contributed by atoms with Crippen molar-refractivity contribution in [1.82, 2.24) is 0 Å². The van der Waals surface area contributed by atoms with Crippen molar-refractivity contribution in [2.24, 2.45) is 0 Å². The van der Waals surface area contributed by atoms with E-state index in [0.29, 0.717) is 18.2 Å². The van der Waals surface area contributed by atoms with Crippen molar-refractivity contribution in [3.05, 3.63) is 21.7 Å². The zero-order valence-electron chi connectivity index (χ0n) is 9.75. The predicted octanol–water partition coefficient (Wildman–Crippen LogP) is 2.31. The Kier molecular flexibility index (Phi) is 2.68. The molecule has 4 heteroatoms. The molecule has 0 spiro atoms. The van der Waals surface area contributed by atoms with Crippen molar-refractivity contribution in [2.45, 2.75) is 25.7 Å². The average Bonchev–Trinajstić information content (AvgIpc) is 2.96. The molecule has 0 aromatic heterocycles. The van der Waals surface area contributed by atoms with Crippen molar-refractivity contribution < 1.29 is 14.6 Å². The van der Waals surface area contributed by atoms with Gasteiger partial charge >= 0.3 is 0 Å². The smallest absolute Gasteiger partial charge is 0.142 e. The molecule has 2 heterocycles. The summed E-state index contributed by atoms with van der Waals surface area (Å²) in [6.45, 7) is 3.46. The number of benzene rings is 1. The van der Waals surface area contributed by atoms with E-state index >= 15 is 0 Å². The molecule has 0 saturated heterocycles. The van der Waals surface area contributed by atoms with Crippen LogP contribution >= 0.6 is 11.6 Å². The molecule has 2 aliphatic heterocycles. The predicted molar refractivity (Wildman–Crippen MR) is 65.4 cm³/mol. The van der Waals surface area contributed by atoms with Crippen molar-refractivity contribution in [3.63, 3.8) is 0 Å². The number of ether oxygens (including phenoxy) is 2. The van der Waals surface area contributed by atoms with Crippen molar-refractivity contribution in [3.8, 4) is 11.5 Å². The maximum Gasteiger partial charge on any atom is 0.142 e. The van der Waals surface area contributed by atoms with Gasteiger partial charge in [-0.05, 0) is 0 Å². The average molecular weight is 255 g/mol. The normalized spacial score (nSPS) is 18.3. The minimum absolute atomic E-state index is 0.0644. The van der Waals surface area contributed by atoms with Crippen LogP contribution in [0.3, 0.4) is 0 Å². The van der Waals surface area contributed by atoms with Crippen LogP contribution in [0.2, 0.25) is 5.02 Å². The van der Waals surface area contributed by atoms with Crippen LogP contribution in [0.5, 0.6) is 11.5 Å². The lowest BCUT2D eigenvalue weighted by molar-refractivity contribution is 0.268. The SMILES string of the molecule is CC(CO)c1c2c(c(Cl)c3c1OCC3)OCC2. The van der Waals surface area contributed by atoms with Gasteiger partial charge < -0.3 is 14.6 Å². The topological polar surface area (TPSA) is 38.7 Å². The third-order valence-corrected chi connectivity index (χ3v) is 3.95. The maximum atomic E-state index is 9.39. The zero-order chi connectivity index (χ0) is 12.0. The largest absolute Gasteiger partial charge is 0.493 e. The summed E-state index contributed by atoms with van der Waals surface area (Å²) in [5, 5.41) is 10.1. The Bertz CT molecular complexity index is 435. The second-order valence-electron chi connectivity index (χ2n) is 4.62. The first-order valence-corrected chi connectivity index (χ1v) is 6.35. The molecule has 0 fully saturated rings. The first kappa shape index (κ1) is 11.2. The number of hydrogen-bond acceptors (Lipinski definition) is 3. The summed E-state index contributed by atoms with van der Waals surface area (Å²) in [7, 11) is 0. The number of halogens is 1. The number of hydrogen-bond donors (Lipinski definition) is 1. The maximum absolute atomic E-state index is 9.39. The van der Waals surface area contributed by atoms with E-state index in [1.807, 2.05) is 6.92 Å². The van der Waals surface area contributed by atoms with Gasteiger partial charge in [-0.1, -0.05) is 18.5 Å². The lowest BCUT2D eigenvalue weighted by Gasteiger charge is -2.18. The van der Waals surface area contributed by atoms with E-state index in [9.17, 15) is 5.11 Å². The summed E-state index contributed by atoms with van der Waals surface area (Å²) in [6.07, 6.45) is 1.68. The van der Waals surface area contributed by atoms with Crippen molar-refractivity contribution >= 4 is 11.6 Å². The molecule has 0 bridgehead atoms. The number of fused-ring (bicyclic) bond motifs is 2. The standard InChI is InChI=1S/C13H15ClO3/c1-7(6-15)10-8-2-4-17-13(8)11(14)9-3-5-16-12(9)10/h7,15H,2-6H2,1H3. The molecule has 1 unspecified atom stereocenters. The van der Waals surface area contributed by atoms with Gasteiger partial charge in [0.15, 0.2) is 0 Å². The van der Waals surface area contributed by atoms with Crippen molar-refractivity contribution in [2.75, 3.05) is 19.8 Å². The van der Waals surface area contributed by atoms with E-state index < -0.39 is 0 Å². The van der Waals surface area contributed by atoms with Crippen LogP contribution in [0.1, 0.15) is 29.5 Å². The lowest BCUT2D eigenvalue weighted by atomic mass is 9.91. The third-order valence-electron chi connectivity index (χ3n) is 3.55. The molecule has 0 amide bonds. The highest BCUT2D eigenvalue weighted by molar-refractivity contribution is 6.33. The highest BCUT2D eigenvalue weighted by Gasteiger charge is 2.32. The van der Waals surface area contributed by atoms with Crippen LogP contribution in [0.4, 0.5) is 0 Å². The Morgan fingerprint density at radius 3 is 2.53 bits per heavy atom. The van der Waals surface area contributed by atoms with Crippen LogP contribution in [0.15, 0.2) is 0 Å². The van der Waals surface area contributed by atoms with Gasteiger partial charge in [0.1, 0.15) is 11.5 Å². The Labute approximate surface area is 105 Å². The second-order valence-corrected chi connectivity index (χ2v) is 5.00. The Hall–Kier alpha value is -0.930. The molecule has 1 aromatic rings. The zero-order valence-corrected chi connectivity index (χ0v) is 10.5. The molecule has 0 aliphatic carbocycles. The second kappa shape index (κ2) is 4.07. The quantitative estimate of drug-likeness (QED) is 0.880. The van der Waals surface area contributed by atoms with Gasteiger partial charge in [-0.15, -0.1) is 0 Å². The number of aliphatic hydroxyl groups excluding tert-OH is 1. The minimum Gasteiger partial charge on any atom is -0.493 e. The molecular formula is C13H15ClO3. The summed E-state index contributed by atoms with van der Waals surface area (Å²) >= 11 is 6.35. The molecule has 92 valence electrons. The highest BCUT2D eigenvalue weighted by Crippen LogP contribution is 2.49. The molecule has 3 nitrogen and oxygen atoms in total. The molecule has 1 aromatic carbocycles. The Balaban J connectivity index is 2.26. The monoisotopic (exact) mass is 254 g/mol. The fourth-order valence-electron chi connectivity index (χ4n) is 2.70. The van der Waals surface area contributed by atoms with E-state index in [2.05, 4.69) is 0 Å². The van der Waals surface area contributed by atoms with Crippen LogP contribution in [-0.4, -0.2) is 24.9 Å². The molecule has 0 saturated carbocycles. The Morgan fingerprint density at radius 2 is 1.82 bits per heavy atom. The molecule has 17 heavy (non-hydrogen) atoms. The third kappa shape index (κ3) is 1.53. The molecular weight excluding hydrogens is 240 g/mol. The summed E-state index contributed by atoms with van der Waals surface area (Å²) < 4.78 is 11.3. The van der Waals surface area contributed by atoms with E-state index in [1.54, 1.807) is 0 Å². The van der Waals surface area contributed by atoms with Crippen LogP contribution in [0.25, 0.3) is 0 Å². The summed E-state index contributed by atoms with van der Waals surface area (Å²) in [5.41, 5.74) is 3.26. The Morgan fingerprint density at radius 1 is 1.18 bits per heavy atom. The van der Waals surface area contributed by atoms with E-state index in [1.165, 1.54) is 0 Å². The van der Waals surface area contributed by atoms with Crippen molar-refractivity contribution in [1.29, 1.82) is 0 Å². The summed E-state index contributed by atoms with van der Waals surface area (Å²) in [6, 6.07) is 0. The summed E-state index contributed by atoms with van der Waals surface area (Å²) in [4.78, 5) is 0. The van der Waals surface area contributed by atoms with Gasteiger partial charge in [0.2, 0.25) is 0 Å². The molecule has 3 rings (SSSR count). The molecule has 2 aliphatic rings. The summed E-state index contributed by atoms with van der Waals surface area (Å²) in [5.74, 6) is 1.77. The van der Waals surface area contributed by atoms with Crippen LogP contribution in [-0.2, 0) is 12.8 Å².